The van der Waals surface area contributed by atoms with Crippen molar-refractivity contribution in [3.63, 3.8) is 0 Å². The Hall–Kier alpha value is -2.37. The van der Waals surface area contributed by atoms with Gasteiger partial charge < -0.3 is 19.8 Å². The predicted molar refractivity (Wildman–Crippen MR) is 95.4 cm³/mol. The van der Waals surface area contributed by atoms with Crippen LogP contribution in [0.15, 0.2) is 48.5 Å². The van der Waals surface area contributed by atoms with Gasteiger partial charge in [-0.3, -0.25) is 0 Å². The number of amides is 1. The highest BCUT2D eigenvalue weighted by atomic mass is 16.6. The molecule has 5 nitrogen and oxygen atoms in total. The van der Waals surface area contributed by atoms with E-state index in [1.165, 1.54) is 16.0 Å². The standard InChI is InChI=1S/C20H23NO4/c1-2-21(11-14(23)12-22)20(24)25-13-19-17-9-5-3-7-15(17)16-8-4-6-10-18(16)19/h3-10,14,19,22-23H,2,11-13H2,1H3. The third kappa shape index (κ3) is 3.52. The maximum Gasteiger partial charge on any atom is 0.409 e. The molecule has 0 saturated heterocycles. The Kier molecular flexibility index (Phi) is 5.36. The highest BCUT2D eigenvalue weighted by Gasteiger charge is 2.29. The predicted octanol–water partition coefficient (Wildman–Crippen LogP) is 2.61. The van der Waals surface area contributed by atoms with Gasteiger partial charge in [0.2, 0.25) is 0 Å². The first-order chi connectivity index (χ1) is 12.2. The van der Waals surface area contributed by atoms with E-state index in [9.17, 15) is 9.90 Å². The molecule has 25 heavy (non-hydrogen) atoms. The van der Waals surface area contributed by atoms with Crippen LogP contribution < -0.4 is 0 Å². The maximum absolute atomic E-state index is 12.3. The second kappa shape index (κ2) is 7.68. The summed E-state index contributed by atoms with van der Waals surface area (Å²) in [5.41, 5.74) is 4.69. The van der Waals surface area contributed by atoms with Crippen LogP contribution in [0.25, 0.3) is 11.1 Å². The number of aliphatic hydroxyl groups excluding tert-OH is 2. The molecule has 0 bridgehead atoms. The van der Waals surface area contributed by atoms with Gasteiger partial charge in [-0.05, 0) is 29.2 Å². The van der Waals surface area contributed by atoms with Crippen molar-refractivity contribution in [1.29, 1.82) is 0 Å². The van der Waals surface area contributed by atoms with Crippen LogP contribution in [0.3, 0.4) is 0 Å². The van der Waals surface area contributed by atoms with E-state index in [1.807, 2.05) is 31.2 Å². The maximum atomic E-state index is 12.3. The highest BCUT2D eigenvalue weighted by Crippen LogP contribution is 2.44. The van der Waals surface area contributed by atoms with Crippen molar-refractivity contribution in [2.24, 2.45) is 0 Å². The molecule has 0 fully saturated rings. The molecule has 1 aliphatic rings. The van der Waals surface area contributed by atoms with Crippen molar-refractivity contribution in [1.82, 2.24) is 4.90 Å². The molecule has 0 heterocycles. The molecule has 0 aliphatic heterocycles. The molecule has 0 spiro atoms. The molecule has 1 unspecified atom stereocenters. The van der Waals surface area contributed by atoms with Crippen LogP contribution in [0.2, 0.25) is 0 Å². The van der Waals surface area contributed by atoms with E-state index in [2.05, 4.69) is 24.3 Å². The van der Waals surface area contributed by atoms with E-state index in [1.54, 1.807) is 0 Å². The fourth-order valence-electron chi connectivity index (χ4n) is 3.33. The summed E-state index contributed by atoms with van der Waals surface area (Å²) in [6.45, 7) is 2.15. The van der Waals surface area contributed by atoms with Crippen molar-refractivity contribution in [2.75, 3.05) is 26.3 Å². The Balaban J connectivity index is 1.74. The van der Waals surface area contributed by atoms with Crippen LogP contribution >= 0.6 is 0 Å². The lowest BCUT2D eigenvalue weighted by atomic mass is 9.98. The Morgan fingerprint density at radius 1 is 1.12 bits per heavy atom. The van der Waals surface area contributed by atoms with E-state index in [4.69, 9.17) is 9.84 Å². The Morgan fingerprint density at radius 3 is 2.20 bits per heavy atom. The van der Waals surface area contributed by atoms with Crippen LogP contribution in [-0.2, 0) is 4.74 Å². The Morgan fingerprint density at radius 2 is 1.68 bits per heavy atom. The number of carbonyl (C=O) groups is 1. The molecule has 2 aromatic rings. The van der Waals surface area contributed by atoms with Gasteiger partial charge in [0, 0.05) is 12.5 Å². The van der Waals surface area contributed by atoms with E-state index in [0.29, 0.717) is 6.54 Å². The minimum Gasteiger partial charge on any atom is -0.448 e. The van der Waals surface area contributed by atoms with Crippen molar-refractivity contribution < 1.29 is 19.7 Å². The molecule has 3 rings (SSSR count). The van der Waals surface area contributed by atoms with Crippen LogP contribution in [0.5, 0.6) is 0 Å². The molecule has 5 heteroatoms. The zero-order chi connectivity index (χ0) is 17.8. The van der Waals surface area contributed by atoms with Crippen molar-refractivity contribution >= 4 is 6.09 Å². The summed E-state index contributed by atoms with van der Waals surface area (Å²) in [5, 5.41) is 18.5. The molecule has 1 atom stereocenters. The second-order valence-electron chi connectivity index (χ2n) is 6.18. The van der Waals surface area contributed by atoms with Crippen LogP contribution in [0, 0.1) is 0 Å². The monoisotopic (exact) mass is 341 g/mol. The number of hydrogen-bond donors (Lipinski definition) is 2. The van der Waals surface area contributed by atoms with Crippen LogP contribution in [-0.4, -0.2) is 53.6 Å². The zero-order valence-electron chi connectivity index (χ0n) is 14.3. The average molecular weight is 341 g/mol. The summed E-state index contributed by atoms with van der Waals surface area (Å²) < 4.78 is 5.53. The number of benzene rings is 2. The van der Waals surface area contributed by atoms with Gasteiger partial charge >= 0.3 is 6.09 Å². The third-order valence-electron chi connectivity index (χ3n) is 4.62. The smallest absolute Gasteiger partial charge is 0.409 e. The number of nitrogens with zero attached hydrogens (tertiary/aromatic N) is 1. The van der Waals surface area contributed by atoms with Crippen molar-refractivity contribution in [3.8, 4) is 11.1 Å². The first kappa shape index (κ1) is 17.5. The number of ether oxygens (including phenoxy) is 1. The summed E-state index contributed by atoms with van der Waals surface area (Å²) in [4.78, 5) is 13.7. The fraction of sp³-hybridized carbons (Fsp3) is 0.350. The number of rotatable bonds is 6. The number of aliphatic hydroxyl groups is 2. The molecule has 2 aromatic carbocycles. The van der Waals surface area contributed by atoms with Crippen molar-refractivity contribution in [2.45, 2.75) is 18.9 Å². The lowest BCUT2D eigenvalue weighted by molar-refractivity contribution is 0.0476. The lowest BCUT2D eigenvalue weighted by Gasteiger charge is -2.23. The molecule has 0 saturated carbocycles. The van der Waals surface area contributed by atoms with E-state index < -0.39 is 12.2 Å². The normalized spacial score (nSPS) is 13.9. The van der Waals surface area contributed by atoms with Gasteiger partial charge in [0.1, 0.15) is 6.61 Å². The first-order valence-electron chi connectivity index (χ1n) is 8.54. The Bertz CT molecular complexity index is 700. The molecule has 0 radical (unpaired) electrons. The number of carbonyl (C=O) groups excluding carboxylic acids is 1. The van der Waals surface area contributed by atoms with Gasteiger partial charge in [-0.15, -0.1) is 0 Å². The summed E-state index contributed by atoms with van der Waals surface area (Å²) >= 11 is 0. The first-order valence-corrected chi connectivity index (χ1v) is 8.54. The van der Waals surface area contributed by atoms with Gasteiger partial charge in [-0.1, -0.05) is 48.5 Å². The molecule has 132 valence electrons. The minimum absolute atomic E-state index is 0.0119. The van der Waals surface area contributed by atoms with Gasteiger partial charge in [0.05, 0.1) is 19.3 Å². The largest absolute Gasteiger partial charge is 0.448 e. The molecule has 2 N–H and O–H groups in total. The van der Waals surface area contributed by atoms with Gasteiger partial charge in [0.15, 0.2) is 0 Å². The molecular formula is C20H23NO4. The van der Waals surface area contributed by atoms with E-state index in [0.717, 1.165) is 11.1 Å². The van der Waals surface area contributed by atoms with E-state index >= 15 is 0 Å². The average Bonchev–Trinajstić information content (AvgIpc) is 2.98. The van der Waals surface area contributed by atoms with Gasteiger partial charge in [-0.2, -0.15) is 0 Å². The highest BCUT2D eigenvalue weighted by molar-refractivity contribution is 5.79. The number of hydrogen-bond acceptors (Lipinski definition) is 4. The fourth-order valence-corrected chi connectivity index (χ4v) is 3.33. The summed E-state index contributed by atoms with van der Waals surface area (Å²) in [6, 6.07) is 16.3. The van der Waals surface area contributed by atoms with Crippen LogP contribution in [0.4, 0.5) is 4.79 Å². The van der Waals surface area contributed by atoms with Crippen LogP contribution in [0.1, 0.15) is 24.0 Å². The zero-order valence-corrected chi connectivity index (χ0v) is 14.3. The number of fused-ring (bicyclic) bond motifs is 3. The SMILES string of the molecule is CCN(CC(O)CO)C(=O)OCC1c2ccccc2-c2ccccc21. The van der Waals surface area contributed by atoms with Gasteiger partial charge in [-0.25, -0.2) is 4.79 Å². The second-order valence-corrected chi connectivity index (χ2v) is 6.18. The lowest BCUT2D eigenvalue weighted by Crippen LogP contribution is -2.39. The topological polar surface area (TPSA) is 70.0 Å². The summed E-state index contributed by atoms with van der Waals surface area (Å²) in [6.07, 6.45) is -1.43. The van der Waals surface area contributed by atoms with Crippen molar-refractivity contribution in [3.05, 3.63) is 59.7 Å². The quantitative estimate of drug-likeness (QED) is 0.847. The Labute approximate surface area is 147 Å². The van der Waals surface area contributed by atoms with Gasteiger partial charge in [0.25, 0.3) is 0 Å². The minimum atomic E-state index is -0.958. The summed E-state index contributed by atoms with van der Waals surface area (Å²) in [5.74, 6) is 0.0119. The molecule has 1 aliphatic carbocycles. The third-order valence-corrected chi connectivity index (χ3v) is 4.62. The molecule has 1 amide bonds. The summed E-state index contributed by atoms with van der Waals surface area (Å²) in [7, 11) is 0. The number of likely N-dealkylation sites (N-methyl/N-ethyl adjacent to an activating group) is 1. The molecule has 0 aromatic heterocycles. The van der Waals surface area contributed by atoms with E-state index in [-0.39, 0.29) is 25.7 Å². The molecular weight excluding hydrogens is 318 g/mol.